The van der Waals surface area contributed by atoms with Gasteiger partial charge in [-0.3, -0.25) is 9.89 Å². The first-order chi connectivity index (χ1) is 11.5. The molecule has 128 valence electrons. The number of aromatic nitrogens is 3. The van der Waals surface area contributed by atoms with E-state index in [-0.39, 0.29) is 16.0 Å². The van der Waals surface area contributed by atoms with Crippen molar-refractivity contribution in [1.82, 2.24) is 14.9 Å². The smallest absolute Gasteiger partial charge is 0.296 e. The van der Waals surface area contributed by atoms with Crippen LogP contribution in [0.25, 0.3) is 0 Å². The van der Waals surface area contributed by atoms with E-state index in [0.717, 1.165) is 21.1 Å². The molecular formula is C15H17BrN4O3S. The van der Waals surface area contributed by atoms with E-state index in [4.69, 9.17) is 21.7 Å². The topological polar surface area (TPSA) is 81.5 Å². The van der Waals surface area contributed by atoms with Crippen LogP contribution in [0.15, 0.2) is 26.5 Å². The van der Waals surface area contributed by atoms with E-state index in [9.17, 15) is 4.79 Å². The summed E-state index contributed by atoms with van der Waals surface area (Å²) in [5.41, 5.74) is 0.630. The van der Waals surface area contributed by atoms with Crippen LogP contribution in [0.1, 0.15) is 24.6 Å². The van der Waals surface area contributed by atoms with E-state index in [0.29, 0.717) is 18.1 Å². The van der Waals surface area contributed by atoms with Gasteiger partial charge in [0.25, 0.3) is 5.56 Å². The van der Waals surface area contributed by atoms with E-state index in [1.165, 1.54) is 6.21 Å². The number of hydrogen-bond acceptors (Lipinski definition) is 6. The standard InChI is InChI=1S/C15H17BrN4O3S/c1-4-5-23-13-11(16)6-10(7-12(13)22-3)8-17-20-14(21)9(2)18-19-15(20)24/h6-8H,4-5H2,1-3H3,(H,19,24)/b17-8+. The van der Waals surface area contributed by atoms with Crippen LogP contribution in [0, 0.1) is 11.7 Å². The molecule has 0 amide bonds. The van der Waals surface area contributed by atoms with E-state index in [1.807, 2.05) is 13.0 Å². The van der Waals surface area contributed by atoms with Gasteiger partial charge in [0.15, 0.2) is 11.5 Å². The summed E-state index contributed by atoms with van der Waals surface area (Å²) in [6.45, 7) is 4.20. The Morgan fingerprint density at radius 2 is 2.25 bits per heavy atom. The third-order valence-electron chi connectivity index (χ3n) is 3.04. The Bertz CT molecular complexity index is 876. The second-order valence-corrected chi connectivity index (χ2v) is 6.10. The number of benzene rings is 1. The van der Waals surface area contributed by atoms with Crippen LogP contribution in [-0.2, 0) is 0 Å². The van der Waals surface area contributed by atoms with Gasteiger partial charge in [0.05, 0.1) is 24.4 Å². The van der Waals surface area contributed by atoms with Crippen molar-refractivity contribution in [1.29, 1.82) is 0 Å². The molecule has 2 aromatic rings. The molecule has 0 radical (unpaired) electrons. The van der Waals surface area contributed by atoms with Gasteiger partial charge in [-0.1, -0.05) is 6.92 Å². The van der Waals surface area contributed by atoms with Crippen LogP contribution < -0.4 is 15.0 Å². The summed E-state index contributed by atoms with van der Waals surface area (Å²) in [7, 11) is 1.56. The summed E-state index contributed by atoms with van der Waals surface area (Å²) in [5.74, 6) is 1.20. The largest absolute Gasteiger partial charge is 0.493 e. The zero-order valence-corrected chi connectivity index (χ0v) is 15.9. The quantitative estimate of drug-likeness (QED) is 0.582. The molecule has 1 heterocycles. The number of aromatic amines is 1. The zero-order chi connectivity index (χ0) is 17.7. The van der Waals surface area contributed by atoms with Crippen LogP contribution in [-0.4, -0.2) is 34.8 Å². The van der Waals surface area contributed by atoms with Gasteiger partial charge in [-0.25, -0.2) is 0 Å². The monoisotopic (exact) mass is 412 g/mol. The molecule has 9 heteroatoms. The number of halogens is 1. The van der Waals surface area contributed by atoms with Gasteiger partial charge in [0, 0.05) is 0 Å². The van der Waals surface area contributed by atoms with E-state index in [1.54, 1.807) is 20.1 Å². The van der Waals surface area contributed by atoms with Crippen molar-refractivity contribution in [2.45, 2.75) is 20.3 Å². The second kappa shape index (κ2) is 8.20. The summed E-state index contributed by atoms with van der Waals surface area (Å²) in [5, 5.41) is 10.5. The maximum absolute atomic E-state index is 12.0. The van der Waals surface area contributed by atoms with Crippen molar-refractivity contribution in [3.63, 3.8) is 0 Å². The van der Waals surface area contributed by atoms with Gasteiger partial charge in [-0.05, 0) is 59.2 Å². The number of ether oxygens (including phenoxy) is 2. The molecule has 0 fully saturated rings. The van der Waals surface area contributed by atoms with E-state index in [2.05, 4.69) is 31.2 Å². The van der Waals surface area contributed by atoms with Crippen molar-refractivity contribution in [2.75, 3.05) is 13.7 Å². The van der Waals surface area contributed by atoms with E-state index < -0.39 is 0 Å². The highest BCUT2D eigenvalue weighted by Gasteiger charge is 2.11. The van der Waals surface area contributed by atoms with Gasteiger partial charge >= 0.3 is 0 Å². The predicted octanol–water partition coefficient (Wildman–Crippen LogP) is 3.05. The SMILES string of the molecule is CCCOc1c(Br)cc(/C=N/n2c(=S)[nH]nc(C)c2=O)cc1OC. The summed E-state index contributed by atoms with van der Waals surface area (Å²) in [4.78, 5) is 12.0. The molecule has 1 N–H and O–H groups in total. The highest BCUT2D eigenvalue weighted by Crippen LogP contribution is 2.36. The normalized spacial score (nSPS) is 11.0. The van der Waals surface area contributed by atoms with Crippen molar-refractivity contribution >= 4 is 34.4 Å². The van der Waals surface area contributed by atoms with Gasteiger partial charge in [0.2, 0.25) is 4.77 Å². The first-order valence-corrected chi connectivity index (χ1v) is 8.41. The van der Waals surface area contributed by atoms with Crippen molar-refractivity contribution in [2.24, 2.45) is 5.10 Å². The Kier molecular flexibility index (Phi) is 6.27. The molecule has 1 aromatic carbocycles. The molecule has 2 rings (SSSR count). The van der Waals surface area contributed by atoms with Crippen molar-refractivity contribution in [3.05, 3.63) is 43.0 Å². The minimum absolute atomic E-state index is 0.121. The number of methoxy groups -OCH3 is 1. The van der Waals surface area contributed by atoms with Crippen LogP contribution in [0.5, 0.6) is 11.5 Å². The average Bonchev–Trinajstić information content (AvgIpc) is 2.57. The molecule has 0 bridgehead atoms. The number of H-pyrrole nitrogens is 1. The van der Waals surface area contributed by atoms with Crippen LogP contribution in [0.2, 0.25) is 0 Å². The molecule has 0 unspecified atom stereocenters. The number of aryl methyl sites for hydroxylation is 1. The molecule has 7 nitrogen and oxygen atoms in total. The third kappa shape index (κ3) is 4.09. The third-order valence-corrected chi connectivity index (χ3v) is 3.89. The van der Waals surface area contributed by atoms with Gasteiger partial charge in [-0.15, -0.1) is 0 Å². The first-order valence-electron chi connectivity index (χ1n) is 7.21. The zero-order valence-electron chi connectivity index (χ0n) is 13.5. The van der Waals surface area contributed by atoms with Gasteiger partial charge in [-0.2, -0.15) is 14.9 Å². The summed E-state index contributed by atoms with van der Waals surface area (Å²) < 4.78 is 13.0. The molecule has 0 aliphatic heterocycles. The Morgan fingerprint density at radius 3 is 2.92 bits per heavy atom. The first kappa shape index (κ1) is 18.3. The number of hydrogen-bond donors (Lipinski definition) is 1. The molecule has 0 spiro atoms. The van der Waals surface area contributed by atoms with Gasteiger partial charge < -0.3 is 9.47 Å². The molecule has 24 heavy (non-hydrogen) atoms. The predicted molar refractivity (Wildman–Crippen MR) is 97.9 cm³/mol. The second-order valence-electron chi connectivity index (χ2n) is 4.86. The average molecular weight is 413 g/mol. The fourth-order valence-electron chi connectivity index (χ4n) is 1.86. The van der Waals surface area contributed by atoms with E-state index >= 15 is 0 Å². The molecular weight excluding hydrogens is 396 g/mol. The maximum Gasteiger partial charge on any atom is 0.296 e. The number of nitrogens with zero attached hydrogens (tertiary/aromatic N) is 3. The summed E-state index contributed by atoms with van der Waals surface area (Å²) in [6.07, 6.45) is 2.41. The summed E-state index contributed by atoms with van der Waals surface area (Å²) >= 11 is 8.50. The molecule has 0 aliphatic carbocycles. The lowest BCUT2D eigenvalue weighted by molar-refractivity contribution is 0.292. The number of nitrogens with one attached hydrogen (secondary N) is 1. The minimum atomic E-state index is -0.371. The maximum atomic E-state index is 12.0. The molecule has 1 aromatic heterocycles. The number of rotatable bonds is 6. The van der Waals surface area contributed by atoms with Crippen LogP contribution in [0.4, 0.5) is 0 Å². The Balaban J connectivity index is 2.41. The minimum Gasteiger partial charge on any atom is -0.493 e. The Labute approximate surface area is 152 Å². The highest BCUT2D eigenvalue weighted by molar-refractivity contribution is 9.10. The molecule has 0 aliphatic rings. The van der Waals surface area contributed by atoms with Crippen molar-refractivity contribution < 1.29 is 9.47 Å². The molecule has 0 saturated heterocycles. The fourth-order valence-corrected chi connectivity index (χ4v) is 2.61. The van der Waals surface area contributed by atoms with Crippen LogP contribution in [0.3, 0.4) is 0 Å². The lowest BCUT2D eigenvalue weighted by atomic mass is 10.2. The lowest BCUT2D eigenvalue weighted by Gasteiger charge is -2.12. The lowest BCUT2D eigenvalue weighted by Crippen LogP contribution is -2.22. The van der Waals surface area contributed by atoms with Gasteiger partial charge in [0.1, 0.15) is 5.69 Å². The molecule has 0 saturated carbocycles. The van der Waals surface area contributed by atoms with Crippen LogP contribution >= 0.6 is 28.1 Å². The molecule has 0 atom stereocenters. The van der Waals surface area contributed by atoms with Crippen molar-refractivity contribution in [3.8, 4) is 11.5 Å². The summed E-state index contributed by atoms with van der Waals surface area (Å²) in [6, 6.07) is 3.59. The highest BCUT2D eigenvalue weighted by atomic mass is 79.9. The Morgan fingerprint density at radius 1 is 1.50 bits per heavy atom. The Hall–Kier alpha value is -2.00. The fraction of sp³-hybridized carbons (Fsp3) is 0.333.